The van der Waals surface area contributed by atoms with E-state index in [9.17, 15) is 24.9 Å². The molecular weight excluding hydrogens is 745 g/mol. The average Bonchev–Trinajstić information content (AvgIpc) is 3.23. The quantitative estimate of drug-likeness (QED) is 0.0894. The Morgan fingerprint density at radius 3 is 2.31 bits per heavy atom. The van der Waals surface area contributed by atoms with Crippen LogP contribution in [-0.4, -0.2) is 53.7 Å². The zero-order chi connectivity index (χ0) is 41.7. The fourth-order valence-electron chi connectivity index (χ4n) is 10.5. The third kappa shape index (κ3) is 8.86. The first-order valence-electron chi connectivity index (χ1n) is 21.2. The van der Waals surface area contributed by atoms with Crippen molar-refractivity contribution in [3.05, 3.63) is 124 Å². The molecule has 3 N–H and O–H groups in total. The van der Waals surface area contributed by atoms with Gasteiger partial charge in [0.15, 0.2) is 23.0 Å². The molecule has 9 nitrogen and oxygen atoms in total. The predicted molar refractivity (Wildman–Crippen MR) is 227 cm³/mol. The number of rotatable bonds is 13. The van der Waals surface area contributed by atoms with Crippen molar-refractivity contribution in [2.24, 2.45) is 17.3 Å². The van der Waals surface area contributed by atoms with Crippen molar-refractivity contribution in [1.29, 1.82) is 0 Å². The highest BCUT2D eigenvalue weighted by molar-refractivity contribution is 5.78. The average molecular weight is 803 g/mol. The monoisotopic (exact) mass is 802 g/mol. The van der Waals surface area contributed by atoms with E-state index in [0.717, 1.165) is 64.6 Å². The lowest BCUT2D eigenvalue weighted by atomic mass is 9.49. The molecule has 0 amide bonds. The number of hydrogen-bond donors (Lipinski definition) is 3. The van der Waals surface area contributed by atoms with Gasteiger partial charge in [-0.1, -0.05) is 92.9 Å². The van der Waals surface area contributed by atoms with E-state index in [1.807, 2.05) is 66.7 Å². The summed E-state index contributed by atoms with van der Waals surface area (Å²) >= 11 is 0. The lowest BCUT2D eigenvalue weighted by Crippen LogP contribution is -2.54. The van der Waals surface area contributed by atoms with Crippen LogP contribution in [0.25, 0.3) is 6.08 Å². The second-order valence-corrected chi connectivity index (χ2v) is 16.7. The number of phenols is 2. The maximum absolute atomic E-state index is 14.7. The number of fused-ring (bicyclic) bond motifs is 6. The Labute approximate surface area is 348 Å². The van der Waals surface area contributed by atoms with Crippen molar-refractivity contribution in [2.45, 2.75) is 109 Å². The number of aliphatic hydroxyl groups is 1. The highest BCUT2D eigenvalue weighted by Crippen LogP contribution is 2.60. The third-order valence-electron chi connectivity index (χ3n) is 13.2. The molecule has 0 aromatic heterocycles. The molecule has 0 heterocycles. The number of carbonyl (C=O) groups excluding carboxylic acids is 2. The minimum absolute atomic E-state index is 0.0345. The van der Waals surface area contributed by atoms with Crippen LogP contribution in [0.1, 0.15) is 110 Å². The number of allylic oxidation sites excluding steroid dienone is 1. The Bertz CT molecular complexity index is 2140. The number of ether oxygens (including phenoxy) is 4. The van der Waals surface area contributed by atoms with Crippen LogP contribution in [0, 0.1) is 17.3 Å². The van der Waals surface area contributed by atoms with Gasteiger partial charge in [0, 0.05) is 24.7 Å². The first-order valence-corrected chi connectivity index (χ1v) is 21.2. The molecule has 0 radical (unpaired) electrons. The number of hydrogen-bond acceptors (Lipinski definition) is 9. The second kappa shape index (κ2) is 18.3. The maximum Gasteiger partial charge on any atom is 0.313 e. The summed E-state index contributed by atoms with van der Waals surface area (Å²) in [5.74, 6) is -0.766. The molecule has 9 heteroatoms. The fraction of sp³-hybridized carbons (Fsp3) is 0.440. The Balaban J connectivity index is 1.39. The fourth-order valence-corrected chi connectivity index (χ4v) is 10.5. The molecule has 7 atom stereocenters. The zero-order valence-corrected chi connectivity index (χ0v) is 34.7. The summed E-state index contributed by atoms with van der Waals surface area (Å²) < 4.78 is 24.4. The van der Waals surface area contributed by atoms with Crippen LogP contribution in [0.2, 0.25) is 0 Å². The first kappa shape index (κ1) is 41.9. The van der Waals surface area contributed by atoms with Gasteiger partial charge in [-0.2, -0.15) is 0 Å². The standard InChI is InChI=1S/C50H58O9/c1-5-6-8-16-39(34-15-11-14-33(21-34)30-51)49(55)59-38-26-41-40-28-48(57-4)44(53)23-35(40)17-18-42(41)50(20-19-32-12-9-7-10-13-32)29-37-24-45(54)47(56-3)25-36(37)22-43(50)46(27-38)58-31(2)52/h7,9-15,19-21,23-25,28,38-39,41-43,46,51,53-54H,5-6,8,16-18,22,26-27,29-30H2,1-4H3/b20-19+/t38-,39-,41-,42-,43+,46+,50+/m0/s1. The van der Waals surface area contributed by atoms with Gasteiger partial charge < -0.3 is 34.3 Å². The van der Waals surface area contributed by atoms with E-state index < -0.39 is 29.5 Å². The van der Waals surface area contributed by atoms with Gasteiger partial charge in [0.1, 0.15) is 12.2 Å². The molecule has 4 aromatic rings. The molecular formula is C50H58O9. The van der Waals surface area contributed by atoms with Gasteiger partial charge in [-0.15, -0.1) is 0 Å². The summed E-state index contributed by atoms with van der Waals surface area (Å²) in [6.45, 7) is 3.44. The highest BCUT2D eigenvalue weighted by atomic mass is 16.6. The molecule has 0 aliphatic heterocycles. The number of aromatic hydroxyl groups is 2. The normalized spacial score (nSPS) is 24.0. The van der Waals surface area contributed by atoms with Crippen molar-refractivity contribution < 1.29 is 43.9 Å². The largest absolute Gasteiger partial charge is 0.504 e. The van der Waals surface area contributed by atoms with Crippen molar-refractivity contribution >= 4 is 18.0 Å². The number of phenolic OH excluding ortho intramolecular Hbond substituents is 2. The number of benzene rings is 4. The summed E-state index contributed by atoms with van der Waals surface area (Å²) in [7, 11) is 3.09. The highest BCUT2D eigenvalue weighted by Gasteiger charge is 2.56. The number of aryl methyl sites for hydroxylation is 1. The van der Waals surface area contributed by atoms with Gasteiger partial charge >= 0.3 is 11.9 Å². The molecule has 0 saturated heterocycles. The summed E-state index contributed by atoms with van der Waals surface area (Å²) in [6, 6.07) is 25.2. The van der Waals surface area contributed by atoms with E-state index >= 15 is 0 Å². The van der Waals surface area contributed by atoms with Crippen LogP contribution in [0.3, 0.4) is 0 Å². The first-order chi connectivity index (χ1) is 28.6. The van der Waals surface area contributed by atoms with Crippen LogP contribution in [0.15, 0.2) is 84.9 Å². The second-order valence-electron chi connectivity index (χ2n) is 16.7. The number of methoxy groups -OCH3 is 2. The molecule has 1 fully saturated rings. The lowest BCUT2D eigenvalue weighted by molar-refractivity contribution is -0.165. The molecule has 312 valence electrons. The lowest BCUT2D eigenvalue weighted by Gasteiger charge is -2.56. The van der Waals surface area contributed by atoms with Crippen LogP contribution in [0.4, 0.5) is 0 Å². The molecule has 0 spiro atoms. The van der Waals surface area contributed by atoms with E-state index in [-0.39, 0.29) is 48.2 Å². The van der Waals surface area contributed by atoms with Crippen LogP contribution < -0.4 is 9.47 Å². The Morgan fingerprint density at radius 2 is 1.59 bits per heavy atom. The third-order valence-corrected chi connectivity index (χ3v) is 13.2. The van der Waals surface area contributed by atoms with Gasteiger partial charge in [-0.05, 0) is 114 Å². The molecule has 0 bridgehead atoms. The Morgan fingerprint density at radius 1 is 0.847 bits per heavy atom. The van der Waals surface area contributed by atoms with E-state index in [4.69, 9.17) is 18.9 Å². The molecule has 3 aliphatic rings. The molecule has 0 unspecified atom stereocenters. The summed E-state index contributed by atoms with van der Waals surface area (Å²) in [5, 5.41) is 32.1. The van der Waals surface area contributed by atoms with Crippen molar-refractivity contribution in [3.63, 3.8) is 0 Å². The van der Waals surface area contributed by atoms with E-state index in [1.54, 1.807) is 14.2 Å². The number of carbonyl (C=O) groups is 2. The zero-order valence-electron chi connectivity index (χ0n) is 34.7. The van der Waals surface area contributed by atoms with Crippen molar-refractivity contribution in [1.82, 2.24) is 0 Å². The number of unbranched alkanes of at least 4 members (excludes halogenated alkanes) is 2. The minimum Gasteiger partial charge on any atom is -0.504 e. The molecule has 3 aliphatic carbocycles. The van der Waals surface area contributed by atoms with E-state index in [0.29, 0.717) is 43.6 Å². The SMILES string of the molecule is CCCCC[C@H](C(=O)O[C@@H]1C[C@@H](OC(C)=O)[C@H]2Cc3cc(OC)c(O)cc3C[C@]2(/C=C/c2ccccc2)[C@H]2CCc3cc(O)c(OC)cc3[C@@H]2C1)c1cccc(CO)c1. The van der Waals surface area contributed by atoms with E-state index in [1.165, 1.54) is 6.92 Å². The topological polar surface area (TPSA) is 132 Å². The summed E-state index contributed by atoms with van der Waals surface area (Å²) in [4.78, 5) is 27.8. The predicted octanol–water partition coefficient (Wildman–Crippen LogP) is 9.37. The maximum atomic E-state index is 14.7. The van der Waals surface area contributed by atoms with Crippen LogP contribution in [-0.2, 0) is 44.9 Å². The summed E-state index contributed by atoms with van der Waals surface area (Å²) in [5.41, 5.74) is 6.11. The van der Waals surface area contributed by atoms with E-state index in [2.05, 4.69) is 31.2 Å². The minimum atomic E-state index is -0.619. The van der Waals surface area contributed by atoms with Gasteiger partial charge in [0.05, 0.1) is 26.7 Å². The van der Waals surface area contributed by atoms with Crippen molar-refractivity contribution in [3.8, 4) is 23.0 Å². The van der Waals surface area contributed by atoms with Gasteiger partial charge in [-0.25, -0.2) is 0 Å². The Hall–Kier alpha value is -5.28. The van der Waals surface area contributed by atoms with Crippen LogP contribution in [0.5, 0.6) is 23.0 Å². The molecule has 1 saturated carbocycles. The van der Waals surface area contributed by atoms with Gasteiger partial charge in [-0.3, -0.25) is 9.59 Å². The number of esters is 2. The Kier molecular flexibility index (Phi) is 13.0. The van der Waals surface area contributed by atoms with Gasteiger partial charge in [0.2, 0.25) is 0 Å². The number of aliphatic hydroxyl groups excluding tert-OH is 1. The molecule has 7 rings (SSSR count). The van der Waals surface area contributed by atoms with Gasteiger partial charge in [0.25, 0.3) is 0 Å². The molecule has 4 aromatic carbocycles. The van der Waals surface area contributed by atoms with Crippen LogP contribution >= 0.6 is 0 Å². The summed E-state index contributed by atoms with van der Waals surface area (Å²) in [6.07, 6.45) is 10.0. The van der Waals surface area contributed by atoms with Crippen molar-refractivity contribution in [2.75, 3.05) is 14.2 Å². The smallest absolute Gasteiger partial charge is 0.313 e. The molecule has 59 heavy (non-hydrogen) atoms.